The molecular formula is C10H8N2O. The van der Waals surface area contributed by atoms with Crippen LogP contribution in [-0.2, 0) is 0 Å². The second-order valence-electron chi connectivity index (χ2n) is 2.93. The molecule has 0 N–H and O–H groups in total. The Kier molecular flexibility index (Phi) is 1.75. The Hall–Kier alpha value is -1.82. The van der Waals surface area contributed by atoms with E-state index in [1.54, 1.807) is 0 Å². The van der Waals surface area contributed by atoms with E-state index in [0.717, 1.165) is 16.7 Å². The lowest BCUT2D eigenvalue weighted by atomic mass is 10.0. The van der Waals surface area contributed by atoms with E-state index in [0.29, 0.717) is 0 Å². The molecule has 3 nitrogen and oxygen atoms in total. The Morgan fingerprint density at radius 3 is 3.15 bits per heavy atom. The fourth-order valence-electron chi connectivity index (χ4n) is 1.22. The molecule has 0 saturated heterocycles. The monoisotopic (exact) mass is 172 g/mol. The highest BCUT2D eigenvalue weighted by molar-refractivity contribution is 5.73. The number of hydrogen-bond donors (Lipinski definition) is 0. The van der Waals surface area contributed by atoms with Crippen LogP contribution in [-0.4, -0.2) is 4.98 Å². The number of nitriles is 1. The fraction of sp³-hybridized carbons (Fsp3) is 0.200. The molecule has 0 saturated carbocycles. The topological polar surface area (TPSA) is 49.8 Å². The standard InChI is InChI=1S/C10H8N2O/c1-7(5-11)8-2-3-10-9(4-8)12-6-13-10/h2-4,6-7H,1H3. The first-order chi connectivity index (χ1) is 6.31. The summed E-state index contributed by atoms with van der Waals surface area (Å²) in [6.45, 7) is 1.86. The van der Waals surface area contributed by atoms with Crippen molar-refractivity contribution in [1.82, 2.24) is 4.98 Å². The minimum Gasteiger partial charge on any atom is -0.443 e. The molecule has 2 rings (SSSR count). The lowest BCUT2D eigenvalue weighted by molar-refractivity contribution is 0.602. The third kappa shape index (κ3) is 1.27. The Bertz CT molecular complexity index is 467. The van der Waals surface area contributed by atoms with Crippen molar-refractivity contribution >= 4 is 11.1 Å². The van der Waals surface area contributed by atoms with E-state index in [1.165, 1.54) is 6.39 Å². The fourth-order valence-corrected chi connectivity index (χ4v) is 1.22. The van der Waals surface area contributed by atoms with Crippen molar-refractivity contribution in [1.29, 1.82) is 5.26 Å². The van der Waals surface area contributed by atoms with Gasteiger partial charge in [0.1, 0.15) is 5.52 Å². The van der Waals surface area contributed by atoms with Crippen LogP contribution in [0.25, 0.3) is 11.1 Å². The molecule has 0 spiro atoms. The third-order valence-electron chi connectivity index (χ3n) is 2.05. The van der Waals surface area contributed by atoms with Crippen molar-refractivity contribution in [2.24, 2.45) is 0 Å². The van der Waals surface area contributed by atoms with Crippen molar-refractivity contribution in [2.45, 2.75) is 12.8 Å². The molecule has 0 aliphatic heterocycles. The van der Waals surface area contributed by atoms with Gasteiger partial charge in [-0.15, -0.1) is 0 Å². The van der Waals surface area contributed by atoms with E-state index < -0.39 is 0 Å². The first-order valence-corrected chi connectivity index (χ1v) is 4.04. The molecule has 0 aliphatic carbocycles. The normalized spacial score (nSPS) is 12.6. The maximum absolute atomic E-state index is 8.72. The summed E-state index contributed by atoms with van der Waals surface area (Å²) in [4.78, 5) is 4.02. The molecule has 1 aromatic heterocycles. The summed E-state index contributed by atoms with van der Waals surface area (Å²) in [6.07, 6.45) is 1.41. The summed E-state index contributed by atoms with van der Waals surface area (Å²) in [6, 6.07) is 7.79. The molecule has 13 heavy (non-hydrogen) atoms. The third-order valence-corrected chi connectivity index (χ3v) is 2.05. The second kappa shape index (κ2) is 2.91. The van der Waals surface area contributed by atoms with Crippen LogP contribution < -0.4 is 0 Å². The lowest BCUT2D eigenvalue weighted by Gasteiger charge is -2.00. The van der Waals surface area contributed by atoms with Crippen LogP contribution in [0.1, 0.15) is 18.4 Å². The summed E-state index contributed by atoms with van der Waals surface area (Å²) in [5.74, 6) is -0.0962. The summed E-state index contributed by atoms with van der Waals surface area (Å²) in [5.41, 5.74) is 2.54. The molecule has 1 aromatic carbocycles. The van der Waals surface area contributed by atoms with Gasteiger partial charge in [0.25, 0.3) is 0 Å². The average molecular weight is 172 g/mol. The number of oxazole rings is 1. The second-order valence-corrected chi connectivity index (χ2v) is 2.93. The van der Waals surface area contributed by atoms with Gasteiger partial charge in [-0.2, -0.15) is 5.26 Å². The van der Waals surface area contributed by atoms with Crippen LogP contribution in [0.4, 0.5) is 0 Å². The predicted octanol–water partition coefficient (Wildman–Crippen LogP) is 2.45. The molecule has 0 aliphatic rings. The molecule has 64 valence electrons. The number of benzene rings is 1. The Morgan fingerprint density at radius 1 is 1.54 bits per heavy atom. The Labute approximate surface area is 75.6 Å². The number of aromatic nitrogens is 1. The molecule has 1 unspecified atom stereocenters. The molecule has 1 atom stereocenters. The summed E-state index contributed by atoms with van der Waals surface area (Å²) < 4.78 is 5.09. The van der Waals surface area contributed by atoms with Gasteiger partial charge in [-0.1, -0.05) is 6.07 Å². The zero-order valence-corrected chi connectivity index (χ0v) is 7.19. The summed E-state index contributed by atoms with van der Waals surface area (Å²) in [7, 11) is 0. The minimum atomic E-state index is -0.0962. The van der Waals surface area contributed by atoms with Gasteiger partial charge in [0, 0.05) is 0 Å². The van der Waals surface area contributed by atoms with Crippen molar-refractivity contribution in [3.05, 3.63) is 30.2 Å². The van der Waals surface area contributed by atoms with Crippen LogP contribution in [0.5, 0.6) is 0 Å². The first kappa shape index (κ1) is 7.81. The van der Waals surface area contributed by atoms with Crippen LogP contribution in [0.2, 0.25) is 0 Å². The van der Waals surface area contributed by atoms with E-state index in [2.05, 4.69) is 11.1 Å². The van der Waals surface area contributed by atoms with E-state index in [-0.39, 0.29) is 5.92 Å². The number of nitrogens with zero attached hydrogens (tertiary/aromatic N) is 2. The van der Waals surface area contributed by atoms with Crippen LogP contribution in [0, 0.1) is 11.3 Å². The highest BCUT2D eigenvalue weighted by atomic mass is 16.3. The molecule has 0 amide bonds. The average Bonchev–Trinajstić information content (AvgIpc) is 2.63. The highest BCUT2D eigenvalue weighted by Gasteiger charge is 2.05. The van der Waals surface area contributed by atoms with Gasteiger partial charge in [0.15, 0.2) is 12.0 Å². The zero-order valence-electron chi connectivity index (χ0n) is 7.19. The molecule has 0 bridgehead atoms. The van der Waals surface area contributed by atoms with Gasteiger partial charge in [0.05, 0.1) is 12.0 Å². The molecule has 3 heteroatoms. The number of fused-ring (bicyclic) bond motifs is 1. The van der Waals surface area contributed by atoms with E-state index in [4.69, 9.17) is 9.68 Å². The van der Waals surface area contributed by atoms with Crippen molar-refractivity contribution < 1.29 is 4.42 Å². The smallest absolute Gasteiger partial charge is 0.181 e. The number of rotatable bonds is 1. The zero-order chi connectivity index (χ0) is 9.26. The molecule has 0 radical (unpaired) electrons. The maximum atomic E-state index is 8.72. The molecule has 0 fully saturated rings. The van der Waals surface area contributed by atoms with Gasteiger partial charge < -0.3 is 4.42 Å². The molecule has 2 aromatic rings. The summed E-state index contributed by atoms with van der Waals surface area (Å²) in [5, 5.41) is 8.72. The van der Waals surface area contributed by atoms with Gasteiger partial charge >= 0.3 is 0 Å². The first-order valence-electron chi connectivity index (χ1n) is 4.04. The van der Waals surface area contributed by atoms with E-state index >= 15 is 0 Å². The SMILES string of the molecule is CC(C#N)c1ccc2ocnc2c1. The lowest BCUT2D eigenvalue weighted by Crippen LogP contribution is -1.88. The Balaban J connectivity index is 2.55. The van der Waals surface area contributed by atoms with Crippen molar-refractivity contribution in [3.63, 3.8) is 0 Å². The largest absolute Gasteiger partial charge is 0.443 e. The minimum absolute atomic E-state index is 0.0962. The van der Waals surface area contributed by atoms with E-state index in [9.17, 15) is 0 Å². The quantitative estimate of drug-likeness (QED) is 0.663. The van der Waals surface area contributed by atoms with Crippen molar-refractivity contribution in [2.75, 3.05) is 0 Å². The van der Waals surface area contributed by atoms with E-state index in [1.807, 2.05) is 25.1 Å². The maximum Gasteiger partial charge on any atom is 0.181 e. The van der Waals surface area contributed by atoms with Gasteiger partial charge in [-0.3, -0.25) is 0 Å². The van der Waals surface area contributed by atoms with Crippen LogP contribution in [0.3, 0.4) is 0 Å². The number of hydrogen-bond acceptors (Lipinski definition) is 3. The molecular weight excluding hydrogens is 164 g/mol. The predicted molar refractivity (Wildman–Crippen MR) is 48.0 cm³/mol. The van der Waals surface area contributed by atoms with Crippen LogP contribution >= 0.6 is 0 Å². The van der Waals surface area contributed by atoms with Crippen LogP contribution in [0.15, 0.2) is 29.0 Å². The van der Waals surface area contributed by atoms with Gasteiger partial charge in [-0.05, 0) is 24.6 Å². The molecule has 1 heterocycles. The highest BCUT2D eigenvalue weighted by Crippen LogP contribution is 2.19. The van der Waals surface area contributed by atoms with Gasteiger partial charge in [-0.25, -0.2) is 4.98 Å². The summed E-state index contributed by atoms with van der Waals surface area (Å²) >= 11 is 0. The van der Waals surface area contributed by atoms with Gasteiger partial charge in [0.2, 0.25) is 0 Å². The Morgan fingerprint density at radius 2 is 2.38 bits per heavy atom. The van der Waals surface area contributed by atoms with Crippen molar-refractivity contribution in [3.8, 4) is 6.07 Å².